The van der Waals surface area contributed by atoms with E-state index >= 15 is 0 Å². The van der Waals surface area contributed by atoms with E-state index < -0.39 is 0 Å². The molecule has 0 saturated heterocycles. The van der Waals surface area contributed by atoms with Gasteiger partial charge in [0.05, 0.1) is 16.8 Å². The highest BCUT2D eigenvalue weighted by molar-refractivity contribution is 7.25. The lowest BCUT2D eigenvalue weighted by molar-refractivity contribution is 0.669. The van der Waals surface area contributed by atoms with Gasteiger partial charge in [-0.2, -0.15) is 0 Å². The van der Waals surface area contributed by atoms with Crippen molar-refractivity contribution in [2.45, 2.75) is 0 Å². The third-order valence-electron chi connectivity index (χ3n) is 10.8. The van der Waals surface area contributed by atoms with Gasteiger partial charge in [-0.1, -0.05) is 109 Å². The minimum absolute atomic E-state index is 0.844. The number of para-hydroxylation sites is 3. The first-order valence-corrected chi connectivity index (χ1v) is 19.7. The molecular formula is C52H34N2OS. The lowest BCUT2D eigenvalue weighted by Gasteiger charge is -2.28. The molecule has 0 fully saturated rings. The Bertz CT molecular complexity index is 3170. The van der Waals surface area contributed by atoms with Crippen molar-refractivity contribution in [3.05, 3.63) is 206 Å². The van der Waals surface area contributed by atoms with Crippen molar-refractivity contribution >= 4 is 98.3 Å². The van der Waals surface area contributed by atoms with Crippen LogP contribution < -0.4 is 9.80 Å². The van der Waals surface area contributed by atoms with E-state index in [-0.39, 0.29) is 0 Å². The Morgan fingerprint density at radius 2 is 0.982 bits per heavy atom. The molecule has 0 aliphatic heterocycles. The number of benzene rings is 9. The quantitative estimate of drug-likeness (QED) is 0.163. The van der Waals surface area contributed by atoms with Gasteiger partial charge in [-0.3, -0.25) is 0 Å². The zero-order valence-electron chi connectivity index (χ0n) is 30.3. The summed E-state index contributed by atoms with van der Waals surface area (Å²) >= 11 is 1.85. The van der Waals surface area contributed by atoms with Gasteiger partial charge in [-0.25, -0.2) is 0 Å². The molecule has 0 saturated carbocycles. The molecule has 4 heteroatoms. The molecule has 3 nitrogen and oxygen atoms in total. The lowest BCUT2D eigenvalue weighted by atomic mass is 9.97. The SMILES string of the molecule is c1ccc(N(c2ccccc2)c2ccc3oc4cccc(N(c5ccccc5)c5cc(-c6ccc7sc8ccccc8c7c6)cc6ccccc56)c4c3c2)cc1. The van der Waals surface area contributed by atoms with Crippen molar-refractivity contribution in [1.29, 1.82) is 0 Å². The molecule has 2 aromatic heterocycles. The Labute approximate surface area is 328 Å². The van der Waals surface area contributed by atoms with Gasteiger partial charge in [0.15, 0.2) is 0 Å². The predicted octanol–water partition coefficient (Wildman–Crippen LogP) is 15.7. The first-order valence-electron chi connectivity index (χ1n) is 18.9. The fraction of sp³-hybridized carbons (Fsp3) is 0. The predicted molar refractivity (Wildman–Crippen MR) is 239 cm³/mol. The van der Waals surface area contributed by atoms with Gasteiger partial charge in [-0.05, 0) is 114 Å². The summed E-state index contributed by atoms with van der Waals surface area (Å²) in [6.45, 7) is 0. The molecular weight excluding hydrogens is 701 g/mol. The van der Waals surface area contributed by atoms with Crippen molar-refractivity contribution in [2.75, 3.05) is 9.80 Å². The van der Waals surface area contributed by atoms with Gasteiger partial charge in [0, 0.05) is 53.7 Å². The number of anilines is 6. The van der Waals surface area contributed by atoms with E-state index in [0.717, 1.165) is 56.1 Å². The number of furan rings is 1. The highest BCUT2D eigenvalue weighted by Gasteiger charge is 2.23. The Morgan fingerprint density at radius 3 is 1.73 bits per heavy atom. The molecule has 9 aromatic carbocycles. The third-order valence-corrected chi connectivity index (χ3v) is 11.9. The van der Waals surface area contributed by atoms with Gasteiger partial charge in [0.2, 0.25) is 0 Å². The van der Waals surface area contributed by atoms with Gasteiger partial charge >= 0.3 is 0 Å². The van der Waals surface area contributed by atoms with Gasteiger partial charge in [-0.15, -0.1) is 11.3 Å². The summed E-state index contributed by atoms with van der Waals surface area (Å²) in [5.74, 6) is 0. The van der Waals surface area contributed by atoms with Gasteiger partial charge in [0.1, 0.15) is 11.2 Å². The highest BCUT2D eigenvalue weighted by Crippen LogP contribution is 2.48. The van der Waals surface area contributed by atoms with Crippen LogP contribution in [0.4, 0.5) is 34.1 Å². The Balaban J connectivity index is 1.15. The van der Waals surface area contributed by atoms with Crippen molar-refractivity contribution in [3.63, 3.8) is 0 Å². The molecule has 0 bridgehead atoms. The third kappa shape index (κ3) is 5.42. The Kier molecular flexibility index (Phi) is 7.68. The first-order chi connectivity index (χ1) is 27.8. The highest BCUT2D eigenvalue weighted by atomic mass is 32.1. The Morgan fingerprint density at radius 1 is 0.339 bits per heavy atom. The maximum absolute atomic E-state index is 6.67. The van der Waals surface area contributed by atoms with Crippen molar-refractivity contribution in [3.8, 4) is 11.1 Å². The fourth-order valence-corrected chi connectivity index (χ4v) is 9.34. The van der Waals surface area contributed by atoms with Crippen LogP contribution in [-0.2, 0) is 0 Å². The summed E-state index contributed by atoms with van der Waals surface area (Å²) < 4.78 is 9.28. The minimum Gasteiger partial charge on any atom is -0.456 e. The summed E-state index contributed by atoms with van der Waals surface area (Å²) in [5, 5.41) is 7.08. The average molecular weight is 735 g/mol. The summed E-state index contributed by atoms with van der Waals surface area (Å²) in [6, 6.07) is 73.9. The van der Waals surface area contributed by atoms with Gasteiger partial charge in [0.25, 0.3) is 0 Å². The van der Waals surface area contributed by atoms with Crippen LogP contribution in [0.25, 0.3) is 64.0 Å². The number of nitrogens with zero attached hydrogens (tertiary/aromatic N) is 2. The van der Waals surface area contributed by atoms with Crippen LogP contribution in [0.2, 0.25) is 0 Å². The van der Waals surface area contributed by atoms with E-state index in [2.05, 4.69) is 216 Å². The second-order valence-corrected chi connectivity index (χ2v) is 15.2. The largest absolute Gasteiger partial charge is 0.456 e. The number of thiophene rings is 1. The van der Waals surface area contributed by atoms with Crippen LogP contribution in [0.3, 0.4) is 0 Å². The van der Waals surface area contributed by atoms with Crippen molar-refractivity contribution in [1.82, 2.24) is 0 Å². The van der Waals surface area contributed by atoms with Crippen LogP contribution in [0.15, 0.2) is 211 Å². The lowest BCUT2D eigenvalue weighted by Crippen LogP contribution is -2.11. The zero-order valence-corrected chi connectivity index (χ0v) is 31.2. The molecule has 0 aliphatic carbocycles. The zero-order chi connectivity index (χ0) is 37.0. The van der Waals surface area contributed by atoms with E-state index in [0.29, 0.717) is 0 Å². The fourth-order valence-electron chi connectivity index (χ4n) is 8.26. The van der Waals surface area contributed by atoms with Crippen molar-refractivity contribution in [2.24, 2.45) is 0 Å². The number of hydrogen-bond donors (Lipinski definition) is 0. The Hall–Kier alpha value is -7.14. The second kappa shape index (κ2) is 13.3. The van der Waals surface area contributed by atoms with E-state index in [4.69, 9.17) is 4.42 Å². The van der Waals surface area contributed by atoms with E-state index in [1.54, 1.807) is 0 Å². The van der Waals surface area contributed by atoms with Crippen LogP contribution in [0, 0.1) is 0 Å². The smallest absolute Gasteiger partial charge is 0.137 e. The maximum atomic E-state index is 6.67. The van der Waals surface area contributed by atoms with E-state index in [1.165, 1.54) is 42.1 Å². The number of rotatable bonds is 7. The maximum Gasteiger partial charge on any atom is 0.137 e. The number of fused-ring (bicyclic) bond motifs is 7. The summed E-state index contributed by atoms with van der Waals surface area (Å²) in [6.07, 6.45) is 0. The summed E-state index contributed by atoms with van der Waals surface area (Å²) in [4.78, 5) is 4.72. The standard InChI is InChI=1S/C52H34N2OS/c1-4-16-38(17-5-1)53(39-18-6-2-7-19-39)41-28-29-48-45(34-41)52-46(24-14-25-49(52)55-48)54(40-20-8-3-9-21-40)47-33-37(31-36-15-10-11-22-42(36)47)35-27-30-51-44(32-35)43-23-12-13-26-50(43)56-51/h1-34H. The van der Waals surface area contributed by atoms with Gasteiger partial charge < -0.3 is 14.2 Å². The molecule has 0 aliphatic rings. The molecule has 0 spiro atoms. The van der Waals surface area contributed by atoms with E-state index in [1.807, 2.05) is 11.3 Å². The van der Waals surface area contributed by atoms with Crippen molar-refractivity contribution < 1.29 is 4.42 Å². The molecule has 264 valence electrons. The molecule has 11 aromatic rings. The molecule has 2 heterocycles. The topological polar surface area (TPSA) is 19.6 Å². The molecule has 0 amide bonds. The molecule has 0 N–H and O–H groups in total. The monoisotopic (exact) mass is 734 g/mol. The summed E-state index contributed by atoms with van der Waals surface area (Å²) in [5.41, 5.74) is 10.5. The first kappa shape index (κ1) is 32.3. The van der Waals surface area contributed by atoms with Crippen LogP contribution in [0.5, 0.6) is 0 Å². The molecule has 0 atom stereocenters. The summed E-state index contributed by atoms with van der Waals surface area (Å²) in [7, 11) is 0. The van der Waals surface area contributed by atoms with E-state index in [9.17, 15) is 0 Å². The van der Waals surface area contributed by atoms with Crippen LogP contribution in [0.1, 0.15) is 0 Å². The normalized spacial score (nSPS) is 11.6. The average Bonchev–Trinajstić information content (AvgIpc) is 3.83. The second-order valence-electron chi connectivity index (χ2n) is 14.1. The minimum atomic E-state index is 0.844. The van der Waals surface area contributed by atoms with Crippen LogP contribution >= 0.6 is 11.3 Å². The number of hydrogen-bond acceptors (Lipinski definition) is 4. The molecule has 11 rings (SSSR count). The van der Waals surface area contributed by atoms with Crippen LogP contribution in [-0.4, -0.2) is 0 Å². The molecule has 56 heavy (non-hydrogen) atoms. The molecule has 0 radical (unpaired) electrons. The molecule has 0 unspecified atom stereocenters.